The lowest BCUT2D eigenvalue weighted by atomic mass is 10.0. The number of rotatable bonds is 8. The van der Waals surface area contributed by atoms with E-state index in [-0.39, 0.29) is 23.6 Å². The maximum absolute atomic E-state index is 15.9. The molecule has 0 saturated heterocycles. The molecule has 42 heavy (non-hydrogen) atoms. The average Bonchev–Trinajstić information content (AvgIpc) is 3.44. The Morgan fingerprint density at radius 3 is 2.45 bits per heavy atom. The number of nitrogens with one attached hydrogen (secondary N) is 2. The minimum atomic E-state index is -0.479. The third kappa shape index (κ3) is 6.14. The highest BCUT2D eigenvalue weighted by molar-refractivity contribution is 5.89. The average molecular weight is 560 g/mol. The molecule has 0 aliphatic carbocycles. The molecular formula is C33H27F2N7. The van der Waals surface area contributed by atoms with Crippen LogP contribution in [0, 0.1) is 24.5 Å². The SMILES string of the molecule is C#C.Nc1ncc(-c2cncc(CNCc3ccccc3)c2)c(F)c1Cc1nc2c(-c3cccc(F)c3)nccc2[nH]1. The van der Waals surface area contributed by atoms with Crippen molar-refractivity contribution in [3.05, 3.63) is 126 Å². The van der Waals surface area contributed by atoms with Crippen molar-refractivity contribution in [2.24, 2.45) is 0 Å². The van der Waals surface area contributed by atoms with Crippen LogP contribution in [0.1, 0.15) is 22.5 Å². The summed E-state index contributed by atoms with van der Waals surface area (Å²) in [4.78, 5) is 20.9. The maximum Gasteiger partial charge on any atom is 0.139 e. The summed E-state index contributed by atoms with van der Waals surface area (Å²) in [5.41, 5.74) is 11.7. The fraction of sp³-hybridized carbons (Fsp3) is 0.0909. The summed E-state index contributed by atoms with van der Waals surface area (Å²) >= 11 is 0. The second-order valence-corrected chi connectivity index (χ2v) is 9.45. The predicted molar refractivity (Wildman–Crippen MR) is 161 cm³/mol. The molecule has 0 fully saturated rings. The summed E-state index contributed by atoms with van der Waals surface area (Å²) in [6, 6.07) is 19.9. The minimum Gasteiger partial charge on any atom is -0.383 e. The Kier molecular flexibility index (Phi) is 8.56. The van der Waals surface area contributed by atoms with Crippen molar-refractivity contribution in [1.29, 1.82) is 0 Å². The van der Waals surface area contributed by atoms with Crippen molar-refractivity contribution >= 4 is 16.9 Å². The highest BCUT2D eigenvalue weighted by Gasteiger charge is 2.18. The van der Waals surface area contributed by atoms with E-state index in [1.54, 1.807) is 36.8 Å². The van der Waals surface area contributed by atoms with Gasteiger partial charge in [0.25, 0.3) is 0 Å². The van der Waals surface area contributed by atoms with E-state index in [9.17, 15) is 4.39 Å². The van der Waals surface area contributed by atoms with Gasteiger partial charge < -0.3 is 16.0 Å². The number of halogens is 2. The topological polar surface area (TPSA) is 105 Å². The smallest absolute Gasteiger partial charge is 0.139 e. The lowest BCUT2D eigenvalue weighted by molar-refractivity contribution is 0.614. The number of pyridine rings is 3. The minimum absolute atomic E-state index is 0.0822. The summed E-state index contributed by atoms with van der Waals surface area (Å²) in [5.74, 6) is -0.274. The van der Waals surface area contributed by atoms with E-state index in [1.807, 2.05) is 24.3 Å². The Morgan fingerprint density at radius 1 is 0.833 bits per heavy atom. The van der Waals surface area contributed by atoms with Gasteiger partial charge in [-0.1, -0.05) is 42.5 Å². The Balaban J connectivity index is 0.00000173. The zero-order valence-electron chi connectivity index (χ0n) is 22.6. The third-order valence-electron chi connectivity index (χ3n) is 6.64. The largest absolute Gasteiger partial charge is 0.383 e. The van der Waals surface area contributed by atoms with Gasteiger partial charge in [-0.25, -0.2) is 18.7 Å². The predicted octanol–water partition coefficient (Wildman–Crippen LogP) is 6.07. The number of aromatic nitrogens is 5. The van der Waals surface area contributed by atoms with Crippen LogP contribution in [0.4, 0.5) is 14.6 Å². The number of anilines is 1. The molecule has 0 bridgehead atoms. The number of imidazole rings is 1. The molecule has 9 heteroatoms. The molecule has 0 unspecified atom stereocenters. The summed E-state index contributed by atoms with van der Waals surface area (Å²) in [5, 5.41) is 3.39. The summed E-state index contributed by atoms with van der Waals surface area (Å²) in [6.07, 6.45) is 14.5. The Hall–Kier alpha value is -5.46. The van der Waals surface area contributed by atoms with Gasteiger partial charge >= 0.3 is 0 Å². The second-order valence-electron chi connectivity index (χ2n) is 9.45. The van der Waals surface area contributed by atoms with Crippen LogP contribution in [-0.4, -0.2) is 24.9 Å². The number of hydrogen-bond acceptors (Lipinski definition) is 6. The Morgan fingerprint density at radius 2 is 1.64 bits per heavy atom. The first-order valence-corrected chi connectivity index (χ1v) is 13.1. The van der Waals surface area contributed by atoms with Crippen LogP contribution in [0.25, 0.3) is 33.4 Å². The molecule has 208 valence electrons. The Bertz CT molecular complexity index is 1850. The number of benzene rings is 2. The normalized spacial score (nSPS) is 10.8. The van der Waals surface area contributed by atoms with Crippen molar-refractivity contribution in [3.8, 4) is 35.2 Å². The molecule has 7 nitrogen and oxygen atoms in total. The number of H-pyrrole nitrogens is 1. The van der Waals surface area contributed by atoms with E-state index >= 15 is 4.39 Å². The second kappa shape index (κ2) is 12.8. The summed E-state index contributed by atoms with van der Waals surface area (Å²) in [7, 11) is 0. The highest BCUT2D eigenvalue weighted by Crippen LogP contribution is 2.30. The van der Waals surface area contributed by atoms with Gasteiger partial charge in [0.05, 0.1) is 11.2 Å². The molecule has 0 aliphatic heterocycles. The first-order chi connectivity index (χ1) is 20.5. The summed E-state index contributed by atoms with van der Waals surface area (Å²) in [6.45, 7) is 1.29. The van der Waals surface area contributed by atoms with Gasteiger partial charge in [0.2, 0.25) is 0 Å². The van der Waals surface area contributed by atoms with Crippen LogP contribution in [0.3, 0.4) is 0 Å². The van der Waals surface area contributed by atoms with Crippen molar-refractivity contribution in [3.63, 3.8) is 0 Å². The van der Waals surface area contributed by atoms with Crippen LogP contribution >= 0.6 is 0 Å². The number of nitrogens with zero attached hydrogens (tertiary/aromatic N) is 4. The molecule has 0 atom stereocenters. The molecule has 4 N–H and O–H groups in total. The van der Waals surface area contributed by atoms with Gasteiger partial charge in [-0.2, -0.15) is 0 Å². The first-order valence-electron chi connectivity index (χ1n) is 13.1. The van der Waals surface area contributed by atoms with E-state index in [0.717, 1.165) is 5.56 Å². The van der Waals surface area contributed by atoms with Crippen LogP contribution in [-0.2, 0) is 19.5 Å². The molecule has 4 aromatic heterocycles. The highest BCUT2D eigenvalue weighted by atomic mass is 19.1. The Labute approximate surface area is 241 Å². The molecule has 2 aromatic carbocycles. The van der Waals surface area contributed by atoms with Crippen molar-refractivity contribution in [1.82, 2.24) is 30.2 Å². The zero-order valence-corrected chi connectivity index (χ0v) is 22.6. The van der Waals surface area contributed by atoms with Crippen molar-refractivity contribution < 1.29 is 8.78 Å². The van der Waals surface area contributed by atoms with E-state index < -0.39 is 5.82 Å². The number of aromatic amines is 1. The standard InChI is InChI=1S/C31H25F2N7.C2H2/c32-23-8-4-7-21(12-23)29-30-26(9-10-37-29)39-27(40-30)13-24-28(33)25(18-38-31(24)34)22-11-20(16-36-17-22)15-35-14-19-5-2-1-3-6-19;1-2/h1-12,16-18,35H,13-15H2,(H2,34,38)(H,39,40);1-2H. The number of hydrogen-bond donors (Lipinski definition) is 3. The number of nitrogen functional groups attached to an aromatic ring is 1. The number of fused-ring (bicyclic) bond motifs is 1. The van der Waals surface area contributed by atoms with E-state index in [4.69, 9.17) is 5.73 Å². The molecule has 0 radical (unpaired) electrons. The molecule has 0 aliphatic rings. The molecule has 0 amide bonds. The molecule has 6 rings (SSSR count). The van der Waals surface area contributed by atoms with Crippen LogP contribution in [0.15, 0.2) is 91.5 Å². The van der Waals surface area contributed by atoms with Crippen LogP contribution in [0.5, 0.6) is 0 Å². The fourth-order valence-electron chi connectivity index (χ4n) is 4.68. The molecule has 4 heterocycles. The zero-order chi connectivity index (χ0) is 29.5. The van der Waals surface area contributed by atoms with E-state index in [1.165, 1.54) is 23.9 Å². The van der Waals surface area contributed by atoms with Gasteiger partial charge in [-0.15, -0.1) is 12.8 Å². The van der Waals surface area contributed by atoms with Gasteiger partial charge in [-0.05, 0) is 35.4 Å². The number of nitrogens with two attached hydrogens (primary N) is 1. The monoisotopic (exact) mass is 559 g/mol. The van der Waals surface area contributed by atoms with Gasteiger partial charge in [0, 0.05) is 66.6 Å². The lowest BCUT2D eigenvalue weighted by Gasteiger charge is -2.11. The third-order valence-corrected chi connectivity index (χ3v) is 6.64. The first kappa shape index (κ1) is 28.1. The van der Waals surface area contributed by atoms with E-state index in [0.29, 0.717) is 52.3 Å². The molecule has 0 spiro atoms. The fourth-order valence-corrected chi connectivity index (χ4v) is 4.68. The quantitative estimate of drug-likeness (QED) is 0.196. The van der Waals surface area contributed by atoms with Gasteiger partial charge in [0.15, 0.2) is 0 Å². The number of terminal acetylenes is 1. The lowest BCUT2D eigenvalue weighted by Crippen LogP contribution is -2.12. The molecule has 0 saturated carbocycles. The van der Waals surface area contributed by atoms with Crippen molar-refractivity contribution in [2.45, 2.75) is 19.5 Å². The molecular weight excluding hydrogens is 532 g/mol. The van der Waals surface area contributed by atoms with Crippen molar-refractivity contribution in [2.75, 3.05) is 5.73 Å². The molecule has 6 aromatic rings. The van der Waals surface area contributed by atoms with Gasteiger partial charge in [-0.3, -0.25) is 9.97 Å². The van der Waals surface area contributed by atoms with Crippen LogP contribution in [0.2, 0.25) is 0 Å². The maximum atomic E-state index is 15.9. The van der Waals surface area contributed by atoms with E-state index in [2.05, 4.69) is 55.2 Å². The van der Waals surface area contributed by atoms with Crippen LogP contribution < -0.4 is 11.1 Å². The van der Waals surface area contributed by atoms with Gasteiger partial charge in [0.1, 0.15) is 28.8 Å². The summed E-state index contributed by atoms with van der Waals surface area (Å²) < 4.78 is 29.7.